The second-order valence-corrected chi connectivity index (χ2v) is 7.28. The van der Waals surface area contributed by atoms with Gasteiger partial charge in [0.25, 0.3) is 0 Å². The van der Waals surface area contributed by atoms with Crippen molar-refractivity contribution >= 4 is 22.4 Å². The topological polar surface area (TPSA) is 0 Å². The van der Waals surface area contributed by atoms with E-state index in [4.69, 9.17) is 11.6 Å². The molecule has 0 spiro atoms. The van der Waals surface area contributed by atoms with E-state index in [-0.39, 0.29) is 5.82 Å². The van der Waals surface area contributed by atoms with Crippen LogP contribution >= 0.6 is 11.6 Å². The van der Waals surface area contributed by atoms with Crippen molar-refractivity contribution in [2.24, 2.45) is 0 Å². The van der Waals surface area contributed by atoms with Gasteiger partial charge in [-0.3, -0.25) is 0 Å². The molecule has 0 atom stereocenters. The molecule has 0 saturated heterocycles. The molecule has 2 heteroatoms. The first kappa shape index (κ1) is 17.8. The Morgan fingerprint density at radius 3 is 2.07 bits per heavy atom. The summed E-state index contributed by atoms with van der Waals surface area (Å²) in [5, 5.41) is 3.05. The zero-order chi connectivity index (χ0) is 18.8. The highest BCUT2D eigenvalue weighted by Crippen LogP contribution is 2.30. The highest BCUT2D eigenvalue weighted by Gasteiger charge is 2.08. The van der Waals surface area contributed by atoms with Gasteiger partial charge in [0.2, 0.25) is 0 Å². The van der Waals surface area contributed by atoms with E-state index in [1.165, 1.54) is 16.3 Å². The molecule has 0 heterocycles. The van der Waals surface area contributed by atoms with Crippen LogP contribution in [0.15, 0.2) is 78.9 Å². The van der Waals surface area contributed by atoms with E-state index >= 15 is 0 Å². The highest BCUT2D eigenvalue weighted by molar-refractivity contribution is 6.30. The lowest BCUT2D eigenvalue weighted by molar-refractivity contribution is 0.632. The van der Waals surface area contributed by atoms with E-state index in [0.29, 0.717) is 10.6 Å². The van der Waals surface area contributed by atoms with Crippen LogP contribution in [0.3, 0.4) is 0 Å². The van der Waals surface area contributed by atoms with Crippen LogP contribution < -0.4 is 0 Å². The molecule has 27 heavy (non-hydrogen) atoms. The van der Waals surface area contributed by atoms with E-state index in [0.717, 1.165) is 29.5 Å². The van der Waals surface area contributed by atoms with E-state index in [1.54, 1.807) is 18.2 Å². The number of fused-ring (bicyclic) bond motifs is 1. The maximum Gasteiger partial charge on any atom is 0.131 e. The summed E-state index contributed by atoms with van der Waals surface area (Å²) in [6.45, 7) is 2.19. The fourth-order valence-electron chi connectivity index (χ4n) is 3.48. The van der Waals surface area contributed by atoms with Crippen LogP contribution in [0.4, 0.5) is 4.39 Å². The minimum absolute atomic E-state index is 0.229. The van der Waals surface area contributed by atoms with Crippen molar-refractivity contribution in [2.45, 2.75) is 19.8 Å². The molecule has 4 rings (SSSR count). The quantitative estimate of drug-likeness (QED) is 0.340. The minimum Gasteiger partial charge on any atom is -0.206 e. The molecule has 0 nitrogen and oxygen atoms in total. The SMILES string of the molecule is CCCc1ccc2cc(-c3ccc(-c4ccc(Cl)cc4)c(F)c3)ccc2c1. The Kier molecular flexibility index (Phi) is 4.96. The van der Waals surface area contributed by atoms with Crippen LogP contribution in [-0.2, 0) is 6.42 Å². The number of rotatable bonds is 4. The van der Waals surface area contributed by atoms with Crippen molar-refractivity contribution in [3.8, 4) is 22.3 Å². The van der Waals surface area contributed by atoms with Crippen LogP contribution in [0.25, 0.3) is 33.0 Å². The standard InChI is InChI=1S/C25H20ClF/c1-2-3-17-4-5-20-15-21(7-6-19(20)14-17)22-10-13-24(25(27)16-22)18-8-11-23(26)12-9-18/h4-16H,2-3H2,1H3. The first-order valence-electron chi connectivity index (χ1n) is 9.22. The van der Waals surface area contributed by atoms with Crippen LogP contribution in [0, 0.1) is 5.82 Å². The Morgan fingerprint density at radius 1 is 0.704 bits per heavy atom. The molecule has 0 amide bonds. The Labute approximate surface area is 164 Å². The molecular weight excluding hydrogens is 355 g/mol. The second-order valence-electron chi connectivity index (χ2n) is 6.85. The Bertz CT molecular complexity index is 1100. The third-order valence-electron chi connectivity index (χ3n) is 4.90. The monoisotopic (exact) mass is 374 g/mol. The van der Waals surface area contributed by atoms with Gasteiger partial charge >= 0.3 is 0 Å². The number of hydrogen-bond acceptors (Lipinski definition) is 0. The molecule has 0 fully saturated rings. The average molecular weight is 375 g/mol. The summed E-state index contributed by atoms with van der Waals surface area (Å²) in [7, 11) is 0. The minimum atomic E-state index is -0.229. The normalized spacial score (nSPS) is 11.1. The van der Waals surface area contributed by atoms with Crippen molar-refractivity contribution in [1.82, 2.24) is 0 Å². The van der Waals surface area contributed by atoms with Gasteiger partial charge in [-0.2, -0.15) is 0 Å². The summed E-state index contributed by atoms with van der Waals surface area (Å²) < 4.78 is 14.7. The zero-order valence-corrected chi connectivity index (χ0v) is 15.9. The van der Waals surface area contributed by atoms with Gasteiger partial charge in [-0.05, 0) is 63.7 Å². The maximum absolute atomic E-state index is 14.7. The van der Waals surface area contributed by atoms with Gasteiger partial charge in [-0.1, -0.05) is 79.5 Å². The van der Waals surface area contributed by atoms with E-state index < -0.39 is 0 Å². The molecule has 0 aliphatic carbocycles. The number of halogens is 2. The van der Waals surface area contributed by atoms with Crippen molar-refractivity contribution in [2.75, 3.05) is 0 Å². The van der Waals surface area contributed by atoms with Crippen LogP contribution in [0.2, 0.25) is 5.02 Å². The maximum atomic E-state index is 14.7. The van der Waals surface area contributed by atoms with Gasteiger partial charge < -0.3 is 0 Å². The first-order valence-corrected chi connectivity index (χ1v) is 9.60. The smallest absolute Gasteiger partial charge is 0.131 e. The van der Waals surface area contributed by atoms with Crippen molar-refractivity contribution in [3.05, 3.63) is 95.3 Å². The molecule has 134 valence electrons. The van der Waals surface area contributed by atoms with Gasteiger partial charge in [0.15, 0.2) is 0 Å². The third-order valence-corrected chi connectivity index (χ3v) is 5.15. The Morgan fingerprint density at radius 2 is 1.33 bits per heavy atom. The molecule has 4 aromatic carbocycles. The van der Waals surface area contributed by atoms with Crippen LogP contribution in [0.1, 0.15) is 18.9 Å². The molecule has 0 aliphatic rings. The first-order chi connectivity index (χ1) is 13.1. The van der Waals surface area contributed by atoms with Crippen molar-refractivity contribution < 1.29 is 4.39 Å². The van der Waals surface area contributed by atoms with Crippen molar-refractivity contribution in [1.29, 1.82) is 0 Å². The lowest BCUT2D eigenvalue weighted by Crippen LogP contribution is -1.87. The van der Waals surface area contributed by atoms with Crippen LogP contribution in [0.5, 0.6) is 0 Å². The second kappa shape index (κ2) is 7.54. The largest absolute Gasteiger partial charge is 0.206 e. The molecule has 0 aromatic heterocycles. The van der Waals surface area contributed by atoms with E-state index in [9.17, 15) is 4.39 Å². The molecule has 0 radical (unpaired) electrons. The summed E-state index contributed by atoms with van der Waals surface area (Å²) >= 11 is 5.93. The Balaban J connectivity index is 1.69. The number of benzene rings is 4. The van der Waals surface area contributed by atoms with Gasteiger partial charge in [-0.15, -0.1) is 0 Å². The summed E-state index contributed by atoms with van der Waals surface area (Å²) in [4.78, 5) is 0. The van der Waals surface area contributed by atoms with Gasteiger partial charge in [-0.25, -0.2) is 4.39 Å². The lowest BCUT2D eigenvalue weighted by Gasteiger charge is -2.09. The Hall–Kier alpha value is -2.64. The van der Waals surface area contributed by atoms with E-state index in [2.05, 4.69) is 43.3 Å². The fourth-order valence-corrected chi connectivity index (χ4v) is 3.60. The predicted octanol–water partition coefficient (Wildman–Crippen LogP) is 7.92. The van der Waals surface area contributed by atoms with Gasteiger partial charge in [0.05, 0.1) is 0 Å². The summed E-state index contributed by atoms with van der Waals surface area (Å²) in [5.74, 6) is -0.229. The summed E-state index contributed by atoms with van der Waals surface area (Å²) in [5.41, 5.74) is 4.67. The number of hydrogen-bond donors (Lipinski definition) is 0. The van der Waals surface area contributed by atoms with Crippen molar-refractivity contribution in [3.63, 3.8) is 0 Å². The molecule has 0 unspecified atom stereocenters. The third kappa shape index (κ3) is 3.74. The van der Waals surface area contributed by atoms with Crippen LogP contribution in [-0.4, -0.2) is 0 Å². The number of aryl methyl sites for hydroxylation is 1. The summed E-state index contributed by atoms with van der Waals surface area (Å²) in [6, 6.07) is 25.5. The predicted molar refractivity (Wildman–Crippen MR) is 114 cm³/mol. The molecule has 0 saturated carbocycles. The molecule has 0 aliphatic heterocycles. The zero-order valence-electron chi connectivity index (χ0n) is 15.2. The van der Waals surface area contributed by atoms with Gasteiger partial charge in [0, 0.05) is 10.6 Å². The average Bonchev–Trinajstić information content (AvgIpc) is 2.68. The van der Waals surface area contributed by atoms with E-state index in [1.807, 2.05) is 24.3 Å². The molecule has 0 bridgehead atoms. The highest BCUT2D eigenvalue weighted by atomic mass is 35.5. The van der Waals surface area contributed by atoms with Gasteiger partial charge in [0.1, 0.15) is 5.82 Å². The summed E-state index contributed by atoms with van der Waals surface area (Å²) in [6.07, 6.45) is 2.23. The molecule has 4 aromatic rings. The lowest BCUT2D eigenvalue weighted by atomic mass is 9.97. The molecular formula is C25H20ClF. The molecule has 0 N–H and O–H groups in total. The fraction of sp³-hybridized carbons (Fsp3) is 0.120.